The highest BCUT2D eigenvalue weighted by atomic mass is 16.5. The summed E-state index contributed by atoms with van der Waals surface area (Å²) in [5, 5.41) is 10.2. The van der Waals surface area contributed by atoms with Crippen molar-refractivity contribution in [2.24, 2.45) is 34.0 Å². The molecular weight excluding hydrogens is 412 g/mol. The maximum absolute atomic E-state index is 12.9. The van der Waals surface area contributed by atoms with Crippen molar-refractivity contribution < 1.29 is 19.4 Å². The summed E-state index contributed by atoms with van der Waals surface area (Å²) < 4.78 is 6.20. The lowest BCUT2D eigenvalue weighted by Gasteiger charge is -2.63. The van der Waals surface area contributed by atoms with E-state index in [0.29, 0.717) is 11.8 Å². The minimum Gasteiger partial charge on any atom is -0.481 e. The van der Waals surface area contributed by atoms with E-state index < -0.39 is 11.4 Å². The number of aliphatic carboxylic acids is 1. The fourth-order valence-electron chi connectivity index (χ4n) is 8.67. The van der Waals surface area contributed by atoms with Crippen LogP contribution in [0.25, 0.3) is 6.08 Å². The Kier molecular flexibility index (Phi) is 5.34. The third-order valence-electron chi connectivity index (χ3n) is 10.1. The molecule has 4 fully saturated rings. The van der Waals surface area contributed by atoms with Gasteiger partial charge in [0.25, 0.3) is 0 Å². The molecule has 1 aromatic rings. The second kappa shape index (κ2) is 7.85. The van der Waals surface area contributed by atoms with Gasteiger partial charge in [-0.2, -0.15) is 0 Å². The highest BCUT2D eigenvalue weighted by Crippen LogP contribution is 2.72. The first kappa shape index (κ1) is 22.4. The van der Waals surface area contributed by atoms with Crippen LogP contribution in [0.4, 0.5) is 0 Å². The quantitative estimate of drug-likeness (QED) is 0.335. The Bertz CT molecular complexity index is 996. The Hall–Kier alpha value is -2.36. The van der Waals surface area contributed by atoms with Crippen molar-refractivity contribution in [1.29, 1.82) is 0 Å². The van der Waals surface area contributed by atoms with E-state index in [0.717, 1.165) is 62.5 Å². The molecule has 1 aromatic carbocycles. The molecule has 4 aliphatic rings. The van der Waals surface area contributed by atoms with Crippen molar-refractivity contribution in [3.05, 3.63) is 54.1 Å². The molecule has 0 unspecified atom stereocenters. The van der Waals surface area contributed by atoms with Crippen LogP contribution < -0.4 is 0 Å². The van der Waals surface area contributed by atoms with Gasteiger partial charge in [0, 0.05) is 11.5 Å². The molecule has 0 heterocycles. The van der Waals surface area contributed by atoms with Crippen LogP contribution in [-0.4, -0.2) is 23.1 Å². The summed E-state index contributed by atoms with van der Waals surface area (Å²) in [7, 11) is 0. The van der Waals surface area contributed by atoms with Crippen molar-refractivity contribution in [3.8, 4) is 0 Å². The topological polar surface area (TPSA) is 63.6 Å². The van der Waals surface area contributed by atoms with Gasteiger partial charge in [0.15, 0.2) is 0 Å². The van der Waals surface area contributed by atoms with E-state index in [1.807, 2.05) is 37.3 Å². The molecule has 0 saturated heterocycles. The fourth-order valence-corrected chi connectivity index (χ4v) is 8.67. The molecule has 5 rings (SSSR count). The normalized spacial score (nSPS) is 41.9. The lowest BCUT2D eigenvalue weighted by Crippen LogP contribution is -2.60. The van der Waals surface area contributed by atoms with Crippen LogP contribution >= 0.6 is 0 Å². The SMILES string of the molecule is C=C1[C@@H]2CC[C@H]3[C@]4(C)CCC[C@@](C)(C(=O)O)[C@H]4CC[C@]3(C2)[C@H]1OC(=O)/C=C/c1ccccc1. The monoisotopic (exact) mass is 448 g/mol. The summed E-state index contributed by atoms with van der Waals surface area (Å²) in [6.45, 7) is 8.74. The number of carboxylic acids is 1. The smallest absolute Gasteiger partial charge is 0.331 e. The van der Waals surface area contributed by atoms with Gasteiger partial charge in [-0.15, -0.1) is 0 Å². The van der Waals surface area contributed by atoms with Crippen LogP contribution in [0.5, 0.6) is 0 Å². The summed E-state index contributed by atoms with van der Waals surface area (Å²) in [4.78, 5) is 25.3. The first-order valence-electron chi connectivity index (χ1n) is 12.6. The Morgan fingerprint density at radius 1 is 1.06 bits per heavy atom. The van der Waals surface area contributed by atoms with Gasteiger partial charge in [-0.25, -0.2) is 4.79 Å². The minimum atomic E-state index is -0.661. The third-order valence-corrected chi connectivity index (χ3v) is 10.1. The van der Waals surface area contributed by atoms with Gasteiger partial charge in [-0.1, -0.05) is 50.3 Å². The molecule has 33 heavy (non-hydrogen) atoms. The molecule has 0 radical (unpaired) electrons. The second-order valence-corrected chi connectivity index (χ2v) is 11.6. The Morgan fingerprint density at radius 2 is 1.82 bits per heavy atom. The number of ether oxygens (including phenoxy) is 1. The number of rotatable bonds is 4. The Labute approximate surface area is 197 Å². The minimum absolute atomic E-state index is 0.0379. The lowest BCUT2D eigenvalue weighted by atomic mass is 9.40. The summed E-state index contributed by atoms with van der Waals surface area (Å²) in [5.41, 5.74) is 1.25. The molecule has 0 amide bonds. The number of hydrogen-bond donors (Lipinski definition) is 1. The molecular formula is C29H36O4. The first-order chi connectivity index (χ1) is 15.7. The van der Waals surface area contributed by atoms with Crippen LogP contribution in [0.1, 0.15) is 70.8 Å². The largest absolute Gasteiger partial charge is 0.481 e. The summed E-state index contributed by atoms with van der Waals surface area (Å²) in [5.74, 6) is -0.00242. The summed E-state index contributed by atoms with van der Waals surface area (Å²) >= 11 is 0. The predicted octanol–water partition coefficient (Wildman–Crippen LogP) is 6.28. The number of carbonyl (C=O) groups is 2. The maximum atomic E-state index is 12.9. The van der Waals surface area contributed by atoms with E-state index in [2.05, 4.69) is 13.5 Å². The van der Waals surface area contributed by atoms with E-state index in [4.69, 9.17) is 4.74 Å². The van der Waals surface area contributed by atoms with Gasteiger partial charge in [-0.3, -0.25) is 4.79 Å². The molecule has 176 valence electrons. The van der Waals surface area contributed by atoms with E-state index in [1.165, 1.54) is 6.08 Å². The van der Waals surface area contributed by atoms with Crippen molar-refractivity contribution in [1.82, 2.24) is 0 Å². The molecule has 4 nitrogen and oxygen atoms in total. The van der Waals surface area contributed by atoms with Crippen molar-refractivity contribution in [2.75, 3.05) is 0 Å². The number of hydrogen-bond acceptors (Lipinski definition) is 3. The Balaban J connectivity index is 1.44. The summed E-state index contributed by atoms with van der Waals surface area (Å²) in [6.07, 6.45) is 10.9. The van der Waals surface area contributed by atoms with Crippen LogP contribution in [0.3, 0.4) is 0 Å². The average molecular weight is 449 g/mol. The molecule has 1 N–H and O–H groups in total. The maximum Gasteiger partial charge on any atom is 0.331 e. The van der Waals surface area contributed by atoms with Gasteiger partial charge in [0.2, 0.25) is 0 Å². The van der Waals surface area contributed by atoms with Crippen molar-refractivity contribution in [3.63, 3.8) is 0 Å². The number of carbonyl (C=O) groups excluding carboxylic acids is 1. The lowest BCUT2D eigenvalue weighted by molar-refractivity contribution is -0.195. The van der Waals surface area contributed by atoms with Gasteiger partial charge in [0.1, 0.15) is 6.10 Å². The number of fused-ring (bicyclic) bond motifs is 3. The number of esters is 1. The molecule has 1 spiro atoms. The van der Waals surface area contributed by atoms with Crippen LogP contribution in [-0.2, 0) is 14.3 Å². The molecule has 0 aromatic heterocycles. The predicted molar refractivity (Wildman–Crippen MR) is 128 cm³/mol. The van der Waals surface area contributed by atoms with Gasteiger partial charge >= 0.3 is 11.9 Å². The molecule has 4 saturated carbocycles. The standard InChI is InChI=1S/C29H36O4/c1-19-21-11-12-23-27(2)15-7-16-28(3,26(31)32)22(27)14-17-29(23,18-21)25(19)33-24(30)13-10-20-8-5-4-6-9-20/h4-6,8-10,13,21-23,25H,1,7,11-12,14-18H2,2-3H3,(H,31,32)/b13-10+/t21-,22+,23+,25+,27-,28-,29-/m1/s1. The number of benzene rings is 1. The van der Waals surface area contributed by atoms with Crippen LogP contribution in [0.2, 0.25) is 0 Å². The van der Waals surface area contributed by atoms with Crippen LogP contribution in [0, 0.1) is 34.0 Å². The third kappa shape index (κ3) is 3.32. The van der Waals surface area contributed by atoms with Crippen molar-refractivity contribution >= 4 is 18.0 Å². The molecule has 0 aliphatic heterocycles. The Morgan fingerprint density at radius 3 is 2.55 bits per heavy atom. The van der Waals surface area contributed by atoms with Crippen molar-refractivity contribution in [2.45, 2.75) is 71.3 Å². The zero-order chi connectivity index (χ0) is 23.4. The highest BCUT2D eigenvalue weighted by molar-refractivity contribution is 5.87. The fraction of sp³-hybridized carbons (Fsp3) is 0.586. The van der Waals surface area contributed by atoms with Gasteiger partial charge < -0.3 is 9.84 Å². The highest BCUT2D eigenvalue weighted by Gasteiger charge is 2.68. The molecule has 7 atom stereocenters. The van der Waals surface area contributed by atoms with E-state index >= 15 is 0 Å². The zero-order valence-electron chi connectivity index (χ0n) is 19.9. The van der Waals surface area contributed by atoms with Gasteiger partial charge in [0.05, 0.1) is 5.41 Å². The van der Waals surface area contributed by atoms with E-state index in [-0.39, 0.29) is 28.8 Å². The van der Waals surface area contributed by atoms with E-state index in [1.54, 1.807) is 6.08 Å². The molecule has 4 heteroatoms. The first-order valence-corrected chi connectivity index (χ1v) is 12.6. The number of carboxylic acid groups (broad SMARTS) is 1. The van der Waals surface area contributed by atoms with E-state index in [9.17, 15) is 14.7 Å². The van der Waals surface area contributed by atoms with Crippen LogP contribution in [0.15, 0.2) is 48.6 Å². The zero-order valence-corrected chi connectivity index (χ0v) is 19.9. The molecule has 4 aliphatic carbocycles. The second-order valence-electron chi connectivity index (χ2n) is 11.6. The van der Waals surface area contributed by atoms with Gasteiger partial charge in [-0.05, 0) is 92.3 Å². The average Bonchev–Trinajstić information content (AvgIpc) is 2.98. The molecule has 2 bridgehead atoms. The summed E-state index contributed by atoms with van der Waals surface area (Å²) in [6, 6.07) is 9.78.